The molecule has 0 radical (unpaired) electrons. The van der Waals surface area contributed by atoms with E-state index in [4.69, 9.17) is 13.6 Å². The smallest absolute Gasteiger partial charge is 0.393 e. The fourth-order valence-electron chi connectivity index (χ4n) is 7.74. The van der Waals surface area contributed by atoms with E-state index >= 15 is 0 Å². The summed E-state index contributed by atoms with van der Waals surface area (Å²) in [5.74, 6) is 5.87. The predicted octanol–water partition coefficient (Wildman–Crippen LogP) is 37.3. The second-order valence-corrected chi connectivity index (χ2v) is 51.2. The van der Waals surface area contributed by atoms with Crippen molar-refractivity contribution in [3.63, 3.8) is 0 Å². The lowest BCUT2D eigenvalue weighted by Crippen LogP contribution is -2.41. The normalized spacial score (nSPS) is 11.4. The Bertz CT molecular complexity index is 2990. The monoisotopic (exact) mass is 1620 g/mol. The maximum atomic E-state index is 11.6. The SMILES string of the molecule is CC(C)(C)C.CC(C)(C)C.CC(C)(C)C(F)(F)F.CC(C)(C)c1ccc(C(C)(C)C)cc1.CC(C)(C)c1ccc(C(C)(C)C)cc1.CC(C)C.CC(C)C.CC(C)C.CCC.CCC.CCC.Cc1ccc(Oc2ccc(C(C)(C)c3ccc(Oc4ccc(C)cc4)cc3)cc2)cc1.[CH2-]C[Si](C)(C)O[Si](C)(C)C.c1ccccc1. The van der Waals surface area contributed by atoms with Crippen LogP contribution in [0.25, 0.3) is 0 Å². The summed E-state index contributed by atoms with van der Waals surface area (Å²) in [7, 11) is -2.65. The van der Waals surface area contributed by atoms with Gasteiger partial charge in [0.25, 0.3) is 0 Å². The summed E-state index contributed by atoms with van der Waals surface area (Å²) in [5.41, 5.74) is 10.9. The first-order valence-corrected chi connectivity index (χ1v) is 49.3. The van der Waals surface area contributed by atoms with Gasteiger partial charge < -0.3 is 20.5 Å². The van der Waals surface area contributed by atoms with Crippen LogP contribution in [-0.2, 0) is 31.2 Å². The molecule has 8 heteroatoms. The molecule has 0 amide bonds. The van der Waals surface area contributed by atoms with E-state index in [2.05, 4.69) is 407 Å². The van der Waals surface area contributed by atoms with Gasteiger partial charge in [0.1, 0.15) is 31.3 Å². The second-order valence-electron chi connectivity index (χ2n) is 42.1. The van der Waals surface area contributed by atoms with Crippen LogP contribution < -0.4 is 9.47 Å². The third-order valence-corrected chi connectivity index (χ3v) is 19.5. The van der Waals surface area contributed by atoms with E-state index in [9.17, 15) is 13.2 Å². The maximum Gasteiger partial charge on any atom is 0.393 e. The molecule has 0 spiro atoms. The molecule has 7 aromatic rings. The third kappa shape index (κ3) is 78.8. The molecule has 0 bridgehead atoms. The predicted molar refractivity (Wildman–Crippen MR) is 519 cm³/mol. The fourth-order valence-corrected chi connectivity index (χ4v) is 14.8. The van der Waals surface area contributed by atoms with Crippen molar-refractivity contribution in [2.45, 2.75) is 382 Å². The highest BCUT2D eigenvalue weighted by Gasteiger charge is 2.43. The molecule has 0 saturated heterocycles. The first-order valence-electron chi connectivity index (χ1n) is 42.8. The molecule has 0 N–H and O–H groups in total. The van der Waals surface area contributed by atoms with Crippen LogP contribution in [0.5, 0.6) is 23.0 Å². The van der Waals surface area contributed by atoms with E-state index in [1.54, 1.807) is 0 Å². The van der Waals surface area contributed by atoms with Gasteiger partial charge in [-0.3, -0.25) is 0 Å². The van der Waals surface area contributed by atoms with Crippen molar-refractivity contribution in [1.29, 1.82) is 0 Å². The van der Waals surface area contributed by atoms with Gasteiger partial charge in [0, 0.05) is 5.41 Å². The van der Waals surface area contributed by atoms with Crippen LogP contribution in [-0.4, -0.2) is 22.8 Å². The number of ether oxygens (including phenoxy) is 2. The zero-order chi connectivity index (χ0) is 91.3. The molecule has 0 atom stereocenters. The van der Waals surface area contributed by atoms with E-state index in [1.165, 1.54) is 63.8 Å². The maximum absolute atomic E-state index is 11.6. The molecule has 114 heavy (non-hydrogen) atoms. The minimum absolute atomic E-state index is 0.134. The molecule has 0 fully saturated rings. The summed E-state index contributed by atoms with van der Waals surface area (Å²) in [6, 6.07) is 63.9. The summed E-state index contributed by atoms with van der Waals surface area (Å²) in [5, 5.41) is 0. The number of hydrogen-bond acceptors (Lipinski definition) is 3. The number of benzene rings is 7. The average Bonchev–Trinajstić information content (AvgIpc) is 0.800. The second kappa shape index (κ2) is 59.9. The Kier molecular flexibility index (Phi) is 63.9. The van der Waals surface area contributed by atoms with Crippen LogP contribution in [0.3, 0.4) is 0 Å². The Morgan fingerprint density at radius 3 is 0.553 bits per heavy atom. The Hall–Kier alpha value is -5.68. The van der Waals surface area contributed by atoms with Gasteiger partial charge in [-0.25, -0.2) is 0 Å². The Balaban J connectivity index is -0.000000237. The van der Waals surface area contributed by atoms with Crippen LogP contribution in [0.4, 0.5) is 13.2 Å². The molecule has 0 aliphatic heterocycles. The highest BCUT2D eigenvalue weighted by molar-refractivity contribution is 6.84. The van der Waals surface area contributed by atoms with E-state index in [1.807, 2.05) is 84.9 Å². The van der Waals surface area contributed by atoms with Crippen molar-refractivity contribution in [2.75, 3.05) is 0 Å². The van der Waals surface area contributed by atoms with Gasteiger partial charge in [-0.15, -0.1) is 0 Å². The van der Waals surface area contributed by atoms with Crippen molar-refractivity contribution >= 4 is 16.6 Å². The quantitative estimate of drug-likeness (QED) is 0.106. The summed E-state index contributed by atoms with van der Waals surface area (Å²) in [6.07, 6.45) is -0.312. The van der Waals surface area contributed by atoms with Gasteiger partial charge in [-0.1, -0.05) is 441 Å². The van der Waals surface area contributed by atoms with Crippen molar-refractivity contribution < 1.29 is 26.8 Å². The Morgan fingerprint density at radius 2 is 0.439 bits per heavy atom. The van der Waals surface area contributed by atoms with Gasteiger partial charge in [0.05, 0.1) is 5.41 Å². The number of hydrogen-bond donors (Lipinski definition) is 0. The summed E-state index contributed by atoms with van der Waals surface area (Å²) < 4.78 is 52.6. The lowest BCUT2D eigenvalue weighted by atomic mass is 9.78. The molecule has 0 saturated carbocycles. The molecule has 0 aliphatic rings. The van der Waals surface area contributed by atoms with E-state index < -0.39 is 28.2 Å². The molecule has 0 aromatic heterocycles. The lowest BCUT2D eigenvalue weighted by molar-refractivity contribution is -0.204. The lowest BCUT2D eigenvalue weighted by Gasteiger charge is -2.32. The molecule has 0 unspecified atom stereocenters. The molecule has 7 rings (SSSR count). The van der Waals surface area contributed by atoms with Gasteiger partial charge in [0.2, 0.25) is 0 Å². The number of halogens is 3. The minimum Gasteiger partial charge on any atom is -0.458 e. The largest absolute Gasteiger partial charge is 0.458 e. The Morgan fingerprint density at radius 1 is 0.298 bits per heavy atom. The molecule has 0 heterocycles. The highest BCUT2D eigenvalue weighted by Crippen LogP contribution is 2.37. The minimum atomic E-state index is -4.06. The number of rotatable bonds is 9. The van der Waals surface area contributed by atoms with E-state index in [0.717, 1.165) is 67.6 Å². The zero-order valence-corrected chi connectivity index (χ0v) is 85.4. The molecule has 3 nitrogen and oxygen atoms in total. The van der Waals surface area contributed by atoms with Crippen molar-refractivity contribution in [3.05, 3.63) is 233 Å². The molecule has 656 valence electrons. The molecular formula is C106H184F3O3Si2-. The molecular weight excluding hydrogens is 1430 g/mol. The average molecular weight is 1620 g/mol. The van der Waals surface area contributed by atoms with E-state index in [-0.39, 0.29) is 27.1 Å². The van der Waals surface area contributed by atoms with Gasteiger partial charge in [0.15, 0.2) is 8.32 Å². The Labute approximate surface area is 711 Å². The fraction of sp³-hybridized carbons (Fsp3) is 0.594. The van der Waals surface area contributed by atoms with Crippen LogP contribution in [0.15, 0.2) is 182 Å². The highest BCUT2D eigenvalue weighted by atomic mass is 28.4. The van der Waals surface area contributed by atoms with Gasteiger partial charge in [-0.05, 0) is 179 Å². The van der Waals surface area contributed by atoms with Crippen LogP contribution in [0.1, 0.15) is 341 Å². The van der Waals surface area contributed by atoms with Crippen LogP contribution in [0, 0.1) is 54.8 Å². The number of alkyl halides is 3. The van der Waals surface area contributed by atoms with Crippen molar-refractivity contribution in [3.8, 4) is 23.0 Å². The molecule has 0 aliphatic carbocycles. The van der Waals surface area contributed by atoms with Crippen LogP contribution in [0.2, 0.25) is 38.8 Å². The number of aryl methyl sites for hydroxylation is 2. The first-order chi connectivity index (χ1) is 51.3. The third-order valence-electron chi connectivity index (χ3n) is 13.6. The zero-order valence-electron chi connectivity index (χ0n) is 83.4. The molecule has 7 aromatic carbocycles. The van der Waals surface area contributed by atoms with Crippen molar-refractivity contribution in [2.24, 2.45) is 34.0 Å². The van der Waals surface area contributed by atoms with Gasteiger partial charge >= 0.3 is 6.18 Å². The summed E-state index contributed by atoms with van der Waals surface area (Å²) in [6.45, 7) is 104. The topological polar surface area (TPSA) is 27.7 Å². The van der Waals surface area contributed by atoms with Gasteiger partial charge in [-0.2, -0.15) is 19.2 Å². The first kappa shape index (κ1) is 122. The van der Waals surface area contributed by atoms with Crippen molar-refractivity contribution in [1.82, 2.24) is 0 Å². The summed E-state index contributed by atoms with van der Waals surface area (Å²) >= 11 is 0. The summed E-state index contributed by atoms with van der Waals surface area (Å²) in [4.78, 5) is 0. The standard InChI is InChI=1S/C29H28O2.2C14H22.C7H19OSi2.C6H6.C5H9F3.2C5H12.3C4H10.3C3H8/c1-21-5-13-25(14-6-21)30-27-17-9-23(10-18-27)29(3,4)24-11-19-28(20-12-24)31-26-15-7-22(2)8-16-26;2*1-13(2,3)11-7-9-12(10-8-11)14(4,5)6;1-7-10(5,6)8-9(2,3)4;1-2-4-6-5-3-1;1-4(2,3)5(6,7)8;2*1-5(2,3)4;3*1-4(2)3;3*1-3-2/h5-20H,1-4H3;2*7-10H,1-6H3;1,7H2,2-6H3;1-6H;1-3H3;2*1-4H3;3*4H,1-3H3;3*3H2,1-2H3/q;;;-1;;;;;;;;;;. The van der Waals surface area contributed by atoms with Crippen LogP contribution >= 0.6 is 0 Å². The van der Waals surface area contributed by atoms with E-state index in [0.29, 0.717) is 10.8 Å².